The van der Waals surface area contributed by atoms with Crippen molar-refractivity contribution in [3.63, 3.8) is 0 Å². The summed E-state index contributed by atoms with van der Waals surface area (Å²) in [5.74, 6) is -4.01. The van der Waals surface area contributed by atoms with Crippen LogP contribution in [0.4, 0.5) is 13.6 Å². The molecule has 4 heterocycles. The molecule has 0 radical (unpaired) electrons. The molecule has 240 valence electrons. The summed E-state index contributed by atoms with van der Waals surface area (Å²) >= 11 is 1.35. The number of ether oxygens (including phenoxy) is 4. The Hall–Kier alpha value is -5.21. The van der Waals surface area contributed by atoms with Crippen LogP contribution in [0, 0.1) is 11.6 Å². The summed E-state index contributed by atoms with van der Waals surface area (Å²) < 4.78 is 52.6. The number of benzene rings is 3. The second-order valence-corrected chi connectivity index (χ2v) is 11.8. The van der Waals surface area contributed by atoms with E-state index in [0.717, 1.165) is 22.6 Å². The first-order valence-electron chi connectivity index (χ1n) is 14.5. The molecule has 47 heavy (non-hydrogen) atoms. The van der Waals surface area contributed by atoms with Gasteiger partial charge >= 0.3 is 12.1 Å². The molecule has 14 heteroatoms. The van der Waals surface area contributed by atoms with E-state index < -0.39 is 53.1 Å². The number of esters is 1. The van der Waals surface area contributed by atoms with Crippen LogP contribution in [0.2, 0.25) is 0 Å². The smallest absolute Gasteiger partial charge is 0.465 e. The zero-order valence-corrected chi connectivity index (χ0v) is 25.5. The fourth-order valence-corrected chi connectivity index (χ4v) is 7.21. The Balaban J connectivity index is 1.38. The number of hydrogen-bond donors (Lipinski definition) is 0. The summed E-state index contributed by atoms with van der Waals surface area (Å²) in [6, 6.07) is 16.1. The molecule has 3 aromatic carbocycles. The maximum Gasteiger partial charge on any atom is 0.519 e. The number of carbonyl (C=O) groups excluding carboxylic acids is 3. The van der Waals surface area contributed by atoms with E-state index in [1.54, 1.807) is 11.1 Å². The van der Waals surface area contributed by atoms with Gasteiger partial charge in [-0.3, -0.25) is 19.3 Å². The van der Waals surface area contributed by atoms with Gasteiger partial charge in [0.2, 0.25) is 11.2 Å². The zero-order chi connectivity index (χ0) is 32.8. The highest BCUT2D eigenvalue weighted by Crippen LogP contribution is 2.45. The van der Waals surface area contributed by atoms with Crippen LogP contribution in [0.5, 0.6) is 11.5 Å². The number of amides is 1. The van der Waals surface area contributed by atoms with Crippen LogP contribution in [0.1, 0.15) is 43.6 Å². The van der Waals surface area contributed by atoms with Crippen molar-refractivity contribution in [3.8, 4) is 11.5 Å². The first-order chi connectivity index (χ1) is 22.8. The van der Waals surface area contributed by atoms with Crippen molar-refractivity contribution in [2.45, 2.75) is 22.9 Å². The highest BCUT2D eigenvalue weighted by molar-refractivity contribution is 7.98. The van der Waals surface area contributed by atoms with Crippen molar-refractivity contribution in [1.29, 1.82) is 0 Å². The second-order valence-electron chi connectivity index (χ2n) is 10.7. The molecule has 1 fully saturated rings. The van der Waals surface area contributed by atoms with E-state index in [4.69, 9.17) is 18.9 Å². The number of morpholine rings is 1. The predicted molar refractivity (Wildman–Crippen MR) is 163 cm³/mol. The van der Waals surface area contributed by atoms with Gasteiger partial charge in [0.05, 0.1) is 26.4 Å². The third kappa shape index (κ3) is 5.19. The first kappa shape index (κ1) is 30.4. The summed E-state index contributed by atoms with van der Waals surface area (Å²) in [5.41, 5.74) is 0.208. The van der Waals surface area contributed by atoms with Gasteiger partial charge in [0, 0.05) is 35.0 Å². The average molecular weight is 662 g/mol. The van der Waals surface area contributed by atoms with Crippen molar-refractivity contribution in [1.82, 2.24) is 9.58 Å². The normalized spacial score (nSPS) is 18.2. The summed E-state index contributed by atoms with van der Waals surface area (Å²) in [4.78, 5) is 55.0. The van der Waals surface area contributed by atoms with Crippen LogP contribution >= 0.6 is 11.8 Å². The number of thioether (sulfide) groups is 1. The Morgan fingerprint density at radius 1 is 0.957 bits per heavy atom. The number of nitrogens with zero attached hydrogens (tertiary/aromatic N) is 3. The Kier molecular flexibility index (Phi) is 7.90. The molecular formula is C33H25F2N3O8S. The van der Waals surface area contributed by atoms with Gasteiger partial charge in [-0.15, -0.1) is 11.8 Å². The lowest BCUT2D eigenvalue weighted by Crippen LogP contribution is -2.66. The lowest BCUT2D eigenvalue weighted by atomic mass is 9.93. The number of pyridine rings is 1. The summed E-state index contributed by atoms with van der Waals surface area (Å²) in [5, 5.41) is 1.75. The minimum absolute atomic E-state index is 0.0602. The minimum Gasteiger partial charge on any atom is -0.465 e. The maximum absolute atomic E-state index is 15.4. The fraction of sp³-hybridized carbons (Fsp3) is 0.212. The van der Waals surface area contributed by atoms with Crippen LogP contribution in [0.25, 0.3) is 0 Å². The number of rotatable bonds is 4. The molecular weight excluding hydrogens is 636 g/mol. The van der Waals surface area contributed by atoms with Gasteiger partial charge < -0.3 is 23.8 Å². The molecule has 1 amide bonds. The van der Waals surface area contributed by atoms with E-state index in [0.29, 0.717) is 5.56 Å². The van der Waals surface area contributed by atoms with Crippen LogP contribution in [0.3, 0.4) is 0 Å². The van der Waals surface area contributed by atoms with E-state index in [-0.39, 0.29) is 48.1 Å². The van der Waals surface area contributed by atoms with E-state index in [1.807, 2.05) is 24.3 Å². The molecule has 11 nitrogen and oxygen atoms in total. The third-order valence-corrected chi connectivity index (χ3v) is 9.32. The largest absolute Gasteiger partial charge is 0.519 e. The molecule has 0 N–H and O–H groups in total. The molecule has 0 spiro atoms. The SMILES string of the molecule is COC(=O)c1ccccc1OC(=O)Oc1c2n(ccc1=O)N([C@@H]1c3ccccc3SCc3c1ccc(F)c3F)[C@@H]1COCCN1C2=O. The lowest BCUT2D eigenvalue weighted by Gasteiger charge is -2.51. The molecule has 3 aliphatic heterocycles. The molecule has 0 bridgehead atoms. The quantitative estimate of drug-likeness (QED) is 0.226. The number of halogens is 2. The third-order valence-electron chi connectivity index (χ3n) is 8.20. The molecule has 1 aromatic heterocycles. The second kappa shape index (κ2) is 12.2. The monoisotopic (exact) mass is 661 g/mol. The Bertz CT molecular complexity index is 2000. The van der Waals surface area contributed by atoms with Gasteiger partial charge in [-0.2, -0.15) is 0 Å². The minimum atomic E-state index is -1.38. The Labute approximate surface area is 270 Å². The number of hydrogen-bond acceptors (Lipinski definition) is 10. The van der Waals surface area contributed by atoms with Crippen molar-refractivity contribution >= 4 is 29.8 Å². The van der Waals surface area contributed by atoms with E-state index >= 15 is 4.39 Å². The average Bonchev–Trinajstić information content (AvgIpc) is 3.25. The molecule has 4 aromatic rings. The van der Waals surface area contributed by atoms with Crippen LogP contribution in [-0.2, 0) is 15.2 Å². The maximum atomic E-state index is 15.4. The van der Waals surface area contributed by atoms with Gasteiger partial charge in [-0.25, -0.2) is 18.4 Å². The first-order valence-corrected chi connectivity index (χ1v) is 15.5. The van der Waals surface area contributed by atoms with Gasteiger partial charge in [-0.1, -0.05) is 36.4 Å². The van der Waals surface area contributed by atoms with Gasteiger partial charge in [-0.05, 0) is 35.4 Å². The summed E-state index contributed by atoms with van der Waals surface area (Å²) in [7, 11) is 1.17. The molecule has 0 aliphatic carbocycles. The number of aromatic nitrogens is 1. The zero-order valence-electron chi connectivity index (χ0n) is 24.7. The topological polar surface area (TPSA) is 117 Å². The van der Waals surface area contributed by atoms with Crippen LogP contribution in [-0.4, -0.2) is 60.6 Å². The lowest BCUT2D eigenvalue weighted by molar-refractivity contribution is -0.0197. The molecule has 0 unspecified atom stereocenters. The van der Waals surface area contributed by atoms with Crippen molar-refractivity contribution in [3.05, 3.63) is 123 Å². The van der Waals surface area contributed by atoms with E-state index in [9.17, 15) is 23.6 Å². The number of fused-ring (bicyclic) bond motifs is 4. The molecule has 3 aliphatic rings. The molecule has 7 rings (SSSR count). The molecule has 1 saturated heterocycles. The predicted octanol–water partition coefficient (Wildman–Crippen LogP) is 4.64. The number of methoxy groups -OCH3 is 1. The van der Waals surface area contributed by atoms with Gasteiger partial charge in [0.15, 0.2) is 17.3 Å². The van der Waals surface area contributed by atoms with Crippen LogP contribution < -0.4 is 19.9 Å². The Morgan fingerprint density at radius 2 is 1.74 bits per heavy atom. The molecule has 0 saturated carbocycles. The summed E-state index contributed by atoms with van der Waals surface area (Å²) in [6.07, 6.45) is -0.762. The van der Waals surface area contributed by atoms with Crippen LogP contribution in [0.15, 0.2) is 82.6 Å². The summed E-state index contributed by atoms with van der Waals surface area (Å²) in [6.45, 7) is 0.390. The van der Waals surface area contributed by atoms with E-state index in [1.165, 1.54) is 58.9 Å². The van der Waals surface area contributed by atoms with E-state index in [2.05, 4.69) is 0 Å². The highest BCUT2D eigenvalue weighted by Gasteiger charge is 2.46. The standard InChI is InChI=1S/C33H25F2N3O8S/c1-43-32(41)19-6-2-4-8-24(19)45-33(42)46-30-23(39)12-13-37-29(30)31(40)36-14-15-44-16-26(36)38(37)28-18-10-11-22(34)27(35)21(18)17-47-25-9-5-3-7-20(25)28/h2-13,26,28H,14-17H2,1H3/t26-,28+/m1/s1. The molecule has 2 atom stereocenters. The Morgan fingerprint density at radius 3 is 2.57 bits per heavy atom. The van der Waals surface area contributed by atoms with Gasteiger partial charge in [0.25, 0.3) is 5.91 Å². The highest BCUT2D eigenvalue weighted by atomic mass is 32.2. The number of carbonyl (C=O) groups is 3. The van der Waals surface area contributed by atoms with Gasteiger partial charge in [0.1, 0.15) is 17.5 Å². The van der Waals surface area contributed by atoms with Crippen molar-refractivity contribution < 1.29 is 42.1 Å². The number of para-hydroxylation sites is 1. The van der Waals surface area contributed by atoms with Crippen molar-refractivity contribution in [2.75, 3.05) is 31.9 Å². The van der Waals surface area contributed by atoms with Crippen molar-refractivity contribution in [2.24, 2.45) is 0 Å². The fourth-order valence-electron chi connectivity index (χ4n) is 6.10.